The Kier molecular flexibility index (Phi) is 5.95. The van der Waals surface area contributed by atoms with Gasteiger partial charge in [0, 0.05) is 40.6 Å². The second kappa shape index (κ2) is 6.99. The Morgan fingerprint density at radius 1 is 1.62 bits per heavy atom. The average molecular weight is 261 g/mol. The Morgan fingerprint density at radius 3 is 3.00 bits per heavy atom. The molecule has 1 heterocycles. The summed E-state index contributed by atoms with van der Waals surface area (Å²) in [6.07, 6.45) is 4.32. The molecule has 0 saturated heterocycles. The van der Waals surface area contributed by atoms with Crippen molar-refractivity contribution in [1.29, 1.82) is 0 Å². The van der Waals surface area contributed by atoms with Crippen molar-refractivity contribution in [3.8, 4) is 0 Å². The second-order valence-electron chi connectivity index (χ2n) is 3.73. The minimum atomic E-state index is -0.741. The summed E-state index contributed by atoms with van der Waals surface area (Å²) in [7, 11) is -0.741. The minimum Gasteiger partial charge on any atom is -0.313 e. The first-order valence-corrected chi connectivity index (χ1v) is 7.23. The number of hydrogen-bond donors (Lipinski definition) is 1. The first-order valence-electron chi connectivity index (χ1n) is 5.23. The van der Waals surface area contributed by atoms with Crippen LogP contribution in [-0.4, -0.2) is 27.2 Å². The SMILES string of the molecule is CC(CCNCc1cccnc1Cl)S(C)=O. The van der Waals surface area contributed by atoms with Gasteiger partial charge >= 0.3 is 0 Å². The molecule has 0 aromatic carbocycles. The molecule has 0 aliphatic carbocycles. The van der Waals surface area contributed by atoms with E-state index in [9.17, 15) is 4.21 Å². The highest BCUT2D eigenvalue weighted by molar-refractivity contribution is 7.84. The van der Waals surface area contributed by atoms with Gasteiger partial charge in [-0.05, 0) is 19.0 Å². The van der Waals surface area contributed by atoms with Gasteiger partial charge in [-0.15, -0.1) is 0 Å². The van der Waals surface area contributed by atoms with Gasteiger partial charge in [0.2, 0.25) is 0 Å². The molecule has 0 bridgehead atoms. The van der Waals surface area contributed by atoms with Gasteiger partial charge in [0.1, 0.15) is 5.15 Å². The van der Waals surface area contributed by atoms with E-state index in [2.05, 4.69) is 10.3 Å². The molecule has 0 radical (unpaired) electrons. The third-order valence-electron chi connectivity index (χ3n) is 2.45. The van der Waals surface area contributed by atoms with E-state index in [1.807, 2.05) is 19.1 Å². The largest absolute Gasteiger partial charge is 0.313 e. The lowest BCUT2D eigenvalue weighted by Crippen LogP contribution is -2.21. The topological polar surface area (TPSA) is 42.0 Å². The van der Waals surface area contributed by atoms with Crippen LogP contribution < -0.4 is 5.32 Å². The monoisotopic (exact) mass is 260 g/mol. The summed E-state index contributed by atoms with van der Waals surface area (Å²) in [5, 5.41) is 4.05. The van der Waals surface area contributed by atoms with Crippen LogP contribution in [0.4, 0.5) is 0 Å². The number of nitrogens with one attached hydrogen (secondary N) is 1. The van der Waals surface area contributed by atoms with Gasteiger partial charge in [0.05, 0.1) is 0 Å². The Balaban J connectivity index is 2.26. The van der Waals surface area contributed by atoms with Gasteiger partial charge < -0.3 is 5.32 Å². The maximum Gasteiger partial charge on any atom is 0.133 e. The number of nitrogens with zero attached hydrogens (tertiary/aromatic N) is 1. The predicted octanol–water partition coefficient (Wildman–Crippen LogP) is 1.98. The molecule has 0 aliphatic heterocycles. The molecule has 0 saturated carbocycles. The van der Waals surface area contributed by atoms with Crippen LogP contribution in [0.25, 0.3) is 0 Å². The lowest BCUT2D eigenvalue weighted by Gasteiger charge is -2.09. The number of hydrogen-bond acceptors (Lipinski definition) is 3. The standard InChI is InChI=1S/C11H17ClN2OS/c1-9(16(2)15)5-7-13-8-10-4-3-6-14-11(10)12/h3-4,6,9,13H,5,7-8H2,1-2H3. The normalized spacial score (nSPS) is 14.7. The molecular weight excluding hydrogens is 244 g/mol. The maximum atomic E-state index is 11.1. The van der Waals surface area contributed by atoms with E-state index < -0.39 is 10.8 Å². The fraction of sp³-hybridized carbons (Fsp3) is 0.545. The van der Waals surface area contributed by atoms with Crippen molar-refractivity contribution in [3.05, 3.63) is 29.0 Å². The summed E-state index contributed by atoms with van der Waals surface area (Å²) in [6.45, 7) is 3.54. The number of halogens is 1. The minimum absolute atomic E-state index is 0.233. The molecule has 1 aromatic heterocycles. The lowest BCUT2D eigenvalue weighted by atomic mass is 10.2. The molecular formula is C11H17ClN2OS. The summed E-state index contributed by atoms with van der Waals surface area (Å²) in [6, 6.07) is 3.82. The zero-order valence-corrected chi connectivity index (χ0v) is 11.1. The van der Waals surface area contributed by atoms with Gasteiger partial charge in [0.25, 0.3) is 0 Å². The van der Waals surface area contributed by atoms with Crippen molar-refractivity contribution < 1.29 is 4.21 Å². The zero-order valence-electron chi connectivity index (χ0n) is 9.57. The summed E-state index contributed by atoms with van der Waals surface area (Å²) in [4.78, 5) is 4.00. The fourth-order valence-electron chi connectivity index (χ4n) is 1.25. The van der Waals surface area contributed by atoms with Gasteiger partial charge in [-0.2, -0.15) is 0 Å². The Bertz CT molecular complexity index is 360. The third kappa shape index (κ3) is 4.60. The Morgan fingerprint density at radius 2 is 2.38 bits per heavy atom. The smallest absolute Gasteiger partial charge is 0.133 e. The molecule has 3 nitrogen and oxygen atoms in total. The first kappa shape index (κ1) is 13.6. The molecule has 2 atom stereocenters. The summed E-state index contributed by atoms with van der Waals surface area (Å²) >= 11 is 5.92. The molecule has 2 unspecified atom stereocenters. The van der Waals surface area contributed by atoms with E-state index >= 15 is 0 Å². The van der Waals surface area contributed by atoms with Crippen molar-refractivity contribution in [2.75, 3.05) is 12.8 Å². The second-order valence-corrected chi connectivity index (χ2v) is 5.89. The van der Waals surface area contributed by atoms with Gasteiger partial charge in [-0.1, -0.05) is 24.6 Å². The van der Waals surface area contributed by atoms with E-state index in [0.717, 1.165) is 18.5 Å². The molecule has 0 aliphatic rings. The van der Waals surface area contributed by atoms with Crippen molar-refractivity contribution in [1.82, 2.24) is 10.3 Å². The molecule has 5 heteroatoms. The molecule has 16 heavy (non-hydrogen) atoms. The lowest BCUT2D eigenvalue weighted by molar-refractivity contribution is 0.628. The highest BCUT2D eigenvalue weighted by Gasteiger charge is 2.05. The van der Waals surface area contributed by atoms with Crippen molar-refractivity contribution in [2.24, 2.45) is 0 Å². The Hall–Kier alpha value is -0.450. The highest BCUT2D eigenvalue weighted by atomic mass is 35.5. The van der Waals surface area contributed by atoms with Crippen LogP contribution in [0.15, 0.2) is 18.3 Å². The van der Waals surface area contributed by atoms with Crippen molar-refractivity contribution in [2.45, 2.75) is 25.1 Å². The summed E-state index contributed by atoms with van der Waals surface area (Å²) < 4.78 is 11.1. The molecule has 1 N–H and O–H groups in total. The highest BCUT2D eigenvalue weighted by Crippen LogP contribution is 2.10. The molecule has 0 fully saturated rings. The van der Waals surface area contributed by atoms with Crippen LogP contribution in [-0.2, 0) is 17.3 Å². The zero-order chi connectivity index (χ0) is 12.0. The summed E-state index contributed by atoms with van der Waals surface area (Å²) in [5.41, 5.74) is 0.995. The van der Waals surface area contributed by atoms with E-state index in [1.54, 1.807) is 12.5 Å². The summed E-state index contributed by atoms with van der Waals surface area (Å²) in [5.74, 6) is 0. The average Bonchev–Trinajstić information content (AvgIpc) is 2.26. The Labute approximate surface area is 104 Å². The molecule has 1 aromatic rings. The van der Waals surface area contributed by atoms with Crippen LogP contribution in [0.1, 0.15) is 18.9 Å². The van der Waals surface area contributed by atoms with E-state index in [-0.39, 0.29) is 5.25 Å². The van der Waals surface area contributed by atoms with E-state index in [4.69, 9.17) is 11.6 Å². The first-order chi connectivity index (χ1) is 7.61. The van der Waals surface area contributed by atoms with Crippen molar-refractivity contribution in [3.63, 3.8) is 0 Å². The molecule has 0 amide bonds. The number of pyridine rings is 1. The van der Waals surface area contributed by atoms with Crippen LogP contribution >= 0.6 is 11.6 Å². The van der Waals surface area contributed by atoms with Crippen LogP contribution in [0.3, 0.4) is 0 Å². The molecule has 90 valence electrons. The third-order valence-corrected chi connectivity index (χ3v) is 4.16. The number of aromatic nitrogens is 1. The van der Waals surface area contributed by atoms with Gasteiger partial charge in [0.15, 0.2) is 0 Å². The quantitative estimate of drug-likeness (QED) is 0.628. The fourth-order valence-corrected chi connectivity index (χ4v) is 1.88. The van der Waals surface area contributed by atoms with E-state index in [1.165, 1.54) is 0 Å². The molecule has 1 rings (SSSR count). The van der Waals surface area contributed by atoms with Gasteiger partial charge in [-0.25, -0.2) is 4.98 Å². The van der Waals surface area contributed by atoms with Crippen LogP contribution in [0, 0.1) is 0 Å². The molecule has 0 spiro atoms. The van der Waals surface area contributed by atoms with Crippen LogP contribution in [0.2, 0.25) is 5.15 Å². The number of rotatable bonds is 6. The maximum absolute atomic E-state index is 11.1. The van der Waals surface area contributed by atoms with E-state index in [0.29, 0.717) is 11.7 Å². The van der Waals surface area contributed by atoms with Crippen LogP contribution in [0.5, 0.6) is 0 Å². The van der Waals surface area contributed by atoms with Gasteiger partial charge in [-0.3, -0.25) is 4.21 Å². The predicted molar refractivity (Wildman–Crippen MR) is 69.1 cm³/mol. The van der Waals surface area contributed by atoms with Crippen molar-refractivity contribution >= 4 is 22.4 Å².